The van der Waals surface area contributed by atoms with Crippen molar-refractivity contribution < 1.29 is 19.1 Å². The number of carbonyl (C=O) groups is 3. The second kappa shape index (κ2) is 9.59. The van der Waals surface area contributed by atoms with E-state index in [0.29, 0.717) is 34.6 Å². The fourth-order valence-corrected chi connectivity index (χ4v) is 5.22. The number of hydrogen-bond donors (Lipinski definition) is 2. The molecular weight excluding hydrogens is 478 g/mol. The molecule has 0 aliphatic heterocycles. The molecule has 2 aliphatic carbocycles. The number of aryl methyl sites for hydroxylation is 1. The Morgan fingerprint density at radius 3 is 2.47 bits per heavy atom. The maximum atomic E-state index is 13.1. The first-order valence-corrected chi connectivity index (χ1v) is 12.6. The van der Waals surface area contributed by atoms with Gasteiger partial charge in [0.2, 0.25) is 0 Å². The number of ketones is 1. The van der Waals surface area contributed by atoms with Crippen molar-refractivity contribution in [2.24, 2.45) is 0 Å². The van der Waals surface area contributed by atoms with Gasteiger partial charge in [0.15, 0.2) is 5.78 Å². The number of hydrogen-bond acceptors (Lipinski definition) is 5. The minimum absolute atomic E-state index is 0.0350. The number of ether oxygens (including phenoxy) is 1. The van der Waals surface area contributed by atoms with E-state index in [1.165, 1.54) is 11.8 Å². The summed E-state index contributed by atoms with van der Waals surface area (Å²) in [6, 6.07) is 22.1. The van der Waals surface area contributed by atoms with Crippen molar-refractivity contribution in [2.45, 2.75) is 25.3 Å². The molecule has 6 rings (SSSR count). The summed E-state index contributed by atoms with van der Waals surface area (Å²) in [6.07, 6.45) is 3.88. The van der Waals surface area contributed by atoms with Gasteiger partial charge >= 0.3 is 0 Å². The van der Waals surface area contributed by atoms with E-state index in [1.807, 2.05) is 48.5 Å². The molecule has 1 unspecified atom stereocenters. The van der Waals surface area contributed by atoms with E-state index in [0.717, 1.165) is 29.5 Å². The van der Waals surface area contributed by atoms with Crippen molar-refractivity contribution in [3.63, 3.8) is 0 Å². The third-order valence-corrected chi connectivity index (χ3v) is 7.16. The van der Waals surface area contributed by atoms with E-state index in [-0.39, 0.29) is 29.3 Å². The zero-order valence-electron chi connectivity index (χ0n) is 20.8. The van der Waals surface area contributed by atoms with Crippen LogP contribution in [-0.4, -0.2) is 35.7 Å². The van der Waals surface area contributed by atoms with Gasteiger partial charge in [0.05, 0.1) is 0 Å². The van der Waals surface area contributed by atoms with Gasteiger partial charge in [0, 0.05) is 42.0 Å². The molecule has 1 heterocycles. The Bertz CT molecular complexity index is 1610. The van der Waals surface area contributed by atoms with Crippen LogP contribution in [-0.2, 0) is 12.8 Å². The zero-order valence-corrected chi connectivity index (χ0v) is 20.8. The van der Waals surface area contributed by atoms with Crippen LogP contribution in [0.5, 0.6) is 11.5 Å². The average molecular weight is 504 g/mol. The molecule has 0 saturated heterocycles. The molecule has 0 spiro atoms. The van der Waals surface area contributed by atoms with Crippen molar-refractivity contribution in [3.8, 4) is 22.6 Å². The van der Waals surface area contributed by atoms with Gasteiger partial charge in [-0.05, 0) is 71.8 Å². The molecule has 2 amide bonds. The highest BCUT2D eigenvalue weighted by Gasteiger charge is 2.28. The van der Waals surface area contributed by atoms with Crippen LogP contribution in [0.15, 0.2) is 79.0 Å². The largest absolute Gasteiger partial charge is 0.457 e. The van der Waals surface area contributed by atoms with Crippen LogP contribution >= 0.6 is 0 Å². The van der Waals surface area contributed by atoms with Gasteiger partial charge in [-0.3, -0.25) is 19.4 Å². The lowest BCUT2D eigenvalue weighted by atomic mass is 9.88. The van der Waals surface area contributed by atoms with Crippen LogP contribution < -0.4 is 15.4 Å². The third-order valence-electron chi connectivity index (χ3n) is 7.16. The minimum Gasteiger partial charge on any atom is -0.457 e. The summed E-state index contributed by atoms with van der Waals surface area (Å²) >= 11 is 0. The number of pyridine rings is 1. The summed E-state index contributed by atoms with van der Waals surface area (Å²) in [5.41, 5.74) is 6.14. The predicted molar refractivity (Wildman–Crippen MR) is 143 cm³/mol. The predicted octanol–water partition coefficient (Wildman–Crippen LogP) is 4.73. The fourth-order valence-electron chi connectivity index (χ4n) is 5.22. The van der Waals surface area contributed by atoms with E-state index in [1.54, 1.807) is 31.3 Å². The number of carbonyl (C=O) groups excluding carboxylic acids is 3. The summed E-state index contributed by atoms with van der Waals surface area (Å²) < 4.78 is 6.01. The van der Waals surface area contributed by atoms with Crippen LogP contribution in [0.2, 0.25) is 0 Å². The molecule has 2 N–H and O–H groups in total. The summed E-state index contributed by atoms with van der Waals surface area (Å²) in [7, 11) is 1.55. The molecule has 188 valence electrons. The summed E-state index contributed by atoms with van der Waals surface area (Å²) in [6.45, 7) is 0. The topological polar surface area (TPSA) is 97.4 Å². The maximum Gasteiger partial charge on any atom is 0.269 e. The van der Waals surface area contributed by atoms with Crippen LogP contribution in [0.3, 0.4) is 0 Å². The highest BCUT2D eigenvalue weighted by molar-refractivity contribution is 6.22. The number of fused-ring (bicyclic) bond motifs is 4. The molecule has 1 atom stereocenters. The molecule has 0 saturated carbocycles. The average Bonchev–Trinajstić information content (AvgIpc) is 3.24. The Kier molecular flexibility index (Phi) is 5.96. The van der Waals surface area contributed by atoms with Crippen molar-refractivity contribution in [1.29, 1.82) is 0 Å². The van der Waals surface area contributed by atoms with Crippen LogP contribution in [0.4, 0.5) is 0 Å². The zero-order chi connectivity index (χ0) is 26.2. The molecule has 2 aliphatic rings. The Morgan fingerprint density at radius 2 is 1.63 bits per heavy atom. The fraction of sp³-hybridized carbons (Fsp3) is 0.161. The van der Waals surface area contributed by atoms with Gasteiger partial charge in [-0.15, -0.1) is 0 Å². The van der Waals surface area contributed by atoms with Crippen LogP contribution in [0, 0.1) is 0 Å². The highest BCUT2D eigenvalue weighted by atomic mass is 16.5. The molecular formula is C31H25N3O4. The molecule has 1 aromatic heterocycles. The van der Waals surface area contributed by atoms with Crippen molar-refractivity contribution in [2.75, 3.05) is 7.05 Å². The molecule has 7 heteroatoms. The normalized spacial score (nSPS) is 15.2. The second-order valence-corrected chi connectivity index (χ2v) is 9.54. The molecule has 7 nitrogen and oxygen atoms in total. The smallest absolute Gasteiger partial charge is 0.269 e. The number of amides is 2. The van der Waals surface area contributed by atoms with Gasteiger partial charge in [0.25, 0.3) is 11.8 Å². The number of aromatic nitrogens is 1. The Labute approximate surface area is 219 Å². The summed E-state index contributed by atoms with van der Waals surface area (Å²) in [5.74, 6) is 0.669. The van der Waals surface area contributed by atoms with Crippen LogP contribution in [0.1, 0.15) is 54.3 Å². The lowest BCUT2D eigenvalue weighted by Gasteiger charge is -2.26. The van der Waals surface area contributed by atoms with Crippen LogP contribution in [0.25, 0.3) is 11.1 Å². The summed E-state index contributed by atoms with van der Waals surface area (Å²) in [4.78, 5) is 41.9. The number of nitrogens with zero attached hydrogens (tertiary/aromatic N) is 1. The Morgan fingerprint density at radius 1 is 0.842 bits per heavy atom. The number of nitrogens with one attached hydrogen (secondary N) is 2. The summed E-state index contributed by atoms with van der Waals surface area (Å²) in [5, 5.41) is 5.71. The molecule has 0 bridgehead atoms. The van der Waals surface area contributed by atoms with E-state index < -0.39 is 0 Å². The third kappa shape index (κ3) is 4.32. The van der Waals surface area contributed by atoms with Crippen molar-refractivity contribution >= 4 is 17.6 Å². The SMILES string of the molecule is CNC(=O)c1cc(Oc2ccc3c(c2)CC(NC(=O)c2ccc4c(c2)C(=O)c2ccccc2-4)CC3)ccn1. The van der Waals surface area contributed by atoms with E-state index >= 15 is 0 Å². The standard InChI is InChI=1S/C31H25N3O4/c1-32-31(37)28-17-23(12-13-33-28)38-22-10-7-18-6-9-21(14-20(18)15-22)34-30(36)19-8-11-25-24-4-2-3-5-26(24)29(35)27(25)16-19/h2-5,7-8,10-13,15-17,21H,6,9,14H2,1H3,(H,32,37)(H,34,36). The van der Waals surface area contributed by atoms with Crippen molar-refractivity contribution in [1.82, 2.24) is 15.6 Å². The van der Waals surface area contributed by atoms with E-state index in [2.05, 4.69) is 15.6 Å². The highest BCUT2D eigenvalue weighted by Crippen LogP contribution is 2.37. The number of benzene rings is 3. The van der Waals surface area contributed by atoms with Gasteiger partial charge in [0.1, 0.15) is 17.2 Å². The number of rotatable bonds is 5. The first-order valence-electron chi connectivity index (χ1n) is 12.6. The van der Waals surface area contributed by atoms with Gasteiger partial charge in [-0.2, -0.15) is 0 Å². The lowest BCUT2D eigenvalue weighted by molar-refractivity contribution is 0.0931. The van der Waals surface area contributed by atoms with Gasteiger partial charge < -0.3 is 15.4 Å². The maximum absolute atomic E-state index is 13.1. The van der Waals surface area contributed by atoms with E-state index in [9.17, 15) is 14.4 Å². The minimum atomic E-state index is -0.281. The van der Waals surface area contributed by atoms with Crippen molar-refractivity contribution in [3.05, 3.63) is 113 Å². The molecule has 38 heavy (non-hydrogen) atoms. The van der Waals surface area contributed by atoms with E-state index in [4.69, 9.17) is 4.74 Å². The van der Waals surface area contributed by atoms with Gasteiger partial charge in [-0.25, -0.2) is 0 Å². The Hall–Kier alpha value is -4.78. The molecule has 0 radical (unpaired) electrons. The first kappa shape index (κ1) is 23.6. The quantitative estimate of drug-likeness (QED) is 0.361. The lowest BCUT2D eigenvalue weighted by Crippen LogP contribution is -2.38. The first-order chi connectivity index (χ1) is 18.5. The van der Waals surface area contributed by atoms with Gasteiger partial charge in [-0.1, -0.05) is 36.4 Å². The monoisotopic (exact) mass is 503 g/mol. The molecule has 4 aromatic rings. The molecule has 0 fully saturated rings. The Balaban J connectivity index is 1.15. The second-order valence-electron chi connectivity index (χ2n) is 9.54. The molecule has 3 aromatic carbocycles.